The van der Waals surface area contributed by atoms with Crippen LogP contribution in [0.4, 0.5) is 10.1 Å². The number of fused-ring (bicyclic) bond motifs is 1. The van der Waals surface area contributed by atoms with E-state index in [4.69, 9.17) is 11.6 Å². The van der Waals surface area contributed by atoms with E-state index < -0.39 is 11.4 Å². The minimum Gasteiger partial charge on any atom is -0.390 e. The molecule has 0 atom stereocenters. The maximum atomic E-state index is 14.1. The van der Waals surface area contributed by atoms with Gasteiger partial charge in [0, 0.05) is 17.4 Å². The van der Waals surface area contributed by atoms with E-state index in [0.29, 0.717) is 35.3 Å². The second-order valence-corrected chi connectivity index (χ2v) is 8.64. The Morgan fingerprint density at radius 2 is 2.16 bits per heavy atom. The number of rotatable bonds is 4. The number of aromatic amines is 1. The minimum absolute atomic E-state index is 0.0749. The summed E-state index contributed by atoms with van der Waals surface area (Å²) in [6.45, 7) is 6.37. The molecule has 1 saturated carbocycles. The van der Waals surface area contributed by atoms with Gasteiger partial charge in [0.25, 0.3) is 0 Å². The molecule has 0 saturated heterocycles. The zero-order valence-corrected chi connectivity index (χ0v) is 15.4. The summed E-state index contributed by atoms with van der Waals surface area (Å²) >= 11 is 5.96. The van der Waals surface area contributed by atoms with Crippen LogP contribution in [-0.4, -0.2) is 26.8 Å². The first-order chi connectivity index (χ1) is 11.6. The van der Waals surface area contributed by atoms with Crippen LogP contribution in [0.2, 0.25) is 5.15 Å². The largest absolute Gasteiger partial charge is 0.390 e. The number of halogens is 2. The van der Waals surface area contributed by atoms with Crippen molar-refractivity contribution in [1.29, 1.82) is 0 Å². The van der Waals surface area contributed by atoms with Crippen LogP contribution in [0.5, 0.6) is 0 Å². The molecule has 0 unspecified atom stereocenters. The van der Waals surface area contributed by atoms with Crippen molar-refractivity contribution < 1.29 is 14.3 Å². The van der Waals surface area contributed by atoms with E-state index in [0.717, 1.165) is 6.42 Å². The predicted octanol–water partition coefficient (Wildman–Crippen LogP) is 4.26. The lowest BCUT2D eigenvalue weighted by Gasteiger charge is -2.44. The van der Waals surface area contributed by atoms with Gasteiger partial charge in [-0.2, -0.15) is 5.10 Å². The van der Waals surface area contributed by atoms with Crippen molar-refractivity contribution in [2.24, 2.45) is 11.3 Å². The molecule has 1 aliphatic rings. The van der Waals surface area contributed by atoms with E-state index in [1.54, 1.807) is 0 Å². The van der Waals surface area contributed by atoms with Crippen LogP contribution < -0.4 is 5.32 Å². The molecule has 25 heavy (non-hydrogen) atoms. The number of carbonyl (C=O) groups excluding carboxylic acids is 1. The van der Waals surface area contributed by atoms with Crippen molar-refractivity contribution in [1.82, 2.24) is 10.2 Å². The molecule has 0 radical (unpaired) electrons. The monoisotopic (exact) mass is 367 g/mol. The molecule has 7 heteroatoms. The van der Waals surface area contributed by atoms with E-state index >= 15 is 0 Å². The number of aromatic nitrogens is 2. The molecule has 3 rings (SSSR count). The average molecular weight is 368 g/mol. The first-order valence-electron chi connectivity index (χ1n) is 8.43. The smallest absolute Gasteiger partial charge is 0.227 e. The Balaban J connectivity index is 1.62. The Morgan fingerprint density at radius 1 is 1.48 bits per heavy atom. The fraction of sp³-hybridized carbons (Fsp3) is 0.556. The summed E-state index contributed by atoms with van der Waals surface area (Å²) in [5.41, 5.74) is -0.163. The quantitative estimate of drug-likeness (QED) is 0.755. The first-order valence-corrected chi connectivity index (χ1v) is 8.80. The summed E-state index contributed by atoms with van der Waals surface area (Å²) in [4.78, 5) is 12.3. The number of amides is 1. The lowest BCUT2D eigenvalue weighted by atomic mass is 9.66. The summed E-state index contributed by atoms with van der Waals surface area (Å²) in [6, 6.07) is 2.70. The SMILES string of the molecule is CC(C)(C)CCC1(O)CC(C(=O)Nc2cc3c(Cl)[nH]nc3cc2F)C1. The van der Waals surface area contributed by atoms with Crippen molar-refractivity contribution in [3.8, 4) is 0 Å². The maximum absolute atomic E-state index is 14.1. The van der Waals surface area contributed by atoms with Gasteiger partial charge in [-0.1, -0.05) is 32.4 Å². The van der Waals surface area contributed by atoms with Gasteiger partial charge >= 0.3 is 0 Å². The van der Waals surface area contributed by atoms with Crippen molar-refractivity contribution in [2.75, 3.05) is 5.32 Å². The third-order valence-corrected chi connectivity index (χ3v) is 5.11. The average Bonchev–Trinajstić information content (AvgIpc) is 2.82. The van der Waals surface area contributed by atoms with Gasteiger partial charge in [0.15, 0.2) is 0 Å². The van der Waals surface area contributed by atoms with Crippen LogP contribution >= 0.6 is 11.6 Å². The highest BCUT2D eigenvalue weighted by Gasteiger charge is 2.46. The summed E-state index contributed by atoms with van der Waals surface area (Å²) in [5.74, 6) is -1.15. The number of carbonyl (C=O) groups is 1. The van der Waals surface area contributed by atoms with Gasteiger partial charge in [-0.05, 0) is 37.2 Å². The molecule has 1 aliphatic carbocycles. The van der Waals surface area contributed by atoms with Gasteiger partial charge in [-0.15, -0.1) is 0 Å². The zero-order chi connectivity index (χ0) is 18.4. The molecule has 3 N–H and O–H groups in total. The zero-order valence-electron chi connectivity index (χ0n) is 14.6. The highest BCUT2D eigenvalue weighted by Crippen LogP contribution is 2.43. The highest BCUT2D eigenvalue weighted by molar-refractivity contribution is 6.34. The topological polar surface area (TPSA) is 78.0 Å². The molecule has 1 amide bonds. The molecular formula is C18H23ClFN3O2. The summed E-state index contributed by atoms with van der Waals surface area (Å²) in [7, 11) is 0. The number of anilines is 1. The summed E-state index contributed by atoms with van der Waals surface area (Å²) in [6.07, 6.45) is 2.38. The Kier molecular flexibility index (Phi) is 4.54. The van der Waals surface area contributed by atoms with E-state index in [1.165, 1.54) is 12.1 Å². The van der Waals surface area contributed by atoms with Gasteiger partial charge in [0.05, 0.1) is 16.8 Å². The Hall–Kier alpha value is -1.66. The normalized spacial score (nSPS) is 23.5. The Bertz CT molecular complexity index is 806. The van der Waals surface area contributed by atoms with Crippen molar-refractivity contribution >= 4 is 34.1 Å². The van der Waals surface area contributed by atoms with Crippen LogP contribution in [0, 0.1) is 17.2 Å². The van der Waals surface area contributed by atoms with Gasteiger partial charge in [0.1, 0.15) is 11.0 Å². The van der Waals surface area contributed by atoms with Gasteiger partial charge in [-0.3, -0.25) is 9.89 Å². The fourth-order valence-electron chi connectivity index (χ4n) is 3.19. The molecule has 0 spiro atoms. The van der Waals surface area contributed by atoms with E-state index in [2.05, 4.69) is 36.3 Å². The van der Waals surface area contributed by atoms with Crippen molar-refractivity contribution in [2.45, 2.75) is 52.1 Å². The van der Waals surface area contributed by atoms with Crippen LogP contribution in [0.1, 0.15) is 46.5 Å². The number of hydrogen-bond acceptors (Lipinski definition) is 3. The van der Waals surface area contributed by atoms with Crippen LogP contribution in [0.25, 0.3) is 10.9 Å². The standard InChI is InChI=1S/C18H23ClFN3O2/c1-17(2,3)4-5-18(25)8-10(9-18)16(24)21-14-6-11-13(7-12(14)20)22-23-15(11)19/h6-7,10,25H,4-5,8-9H2,1-3H3,(H,21,24)(H,22,23). The van der Waals surface area contributed by atoms with Crippen molar-refractivity contribution in [3.05, 3.63) is 23.1 Å². The first kappa shape index (κ1) is 18.1. The number of hydrogen-bond donors (Lipinski definition) is 3. The number of nitrogens with zero attached hydrogens (tertiary/aromatic N) is 1. The fourth-order valence-corrected chi connectivity index (χ4v) is 3.38. The molecule has 1 aromatic carbocycles. The van der Waals surface area contributed by atoms with E-state index in [9.17, 15) is 14.3 Å². The van der Waals surface area contributed by atoms with E-state index in [1.807, 2.05) is 0 Å². The van der Waals surface area contributed by atoms with Gasteiger partial charge in [0.2, 0.25) is 5.91 Å². The van der Waals surface area contributed by atoms with Crippen molar-refractivity contribution in [3.63, 3.8) is 0 Å². The molecule has 1 aromatic heterocycles. The molecule has 136 valence electrons. The molecule has 1 heterocycles. The maximum Gasteiger partial charge on any atom is 0.227 e. The van der Waals surface area contributed by atoms with Crippen LogP contribution in [0.15, 0.2) is 12.1 Å². The minimum atomic E-state index is -0.786. The second kappa shape index (κ2) is 6.25. The number of nitrogens with one attached hydrogen (secondary N) is 2. The third-order valence-electron chi connectivity index (χ3n) is 4.82. The van der Waals surface area contributed by atoms with Crippen LogP contribution in [0.3, 0.4) is 0 Å². The van der Waals surface area contributed by atoms with Crippen LogP contribution in [-0.2, 0) is 4.79 Å². The molecule has 5 nitrogen and oxygen atoms in total. The molecule has 2 aromatic rings. The van der Waals surface area contributed by atoms with Gasteiger partial charge in [-0.25, -0.2) is 4.39 Å². The number of benzene rings is 1. The van der Waals surface area contributed by atoms with E-state index in [-0.39, 0.29) is 22.9 Å². The third kappa shape index (κ3) is 3.96. The Morgan fingerprint density at radius 3 is 2.80 bits per heavy atom. The summed E-state index contributed by atoms with van der Waals surface area (Å²) in [5, 5.41) is 20.4. The lowest BCUT2D eigenvalue weighted by Crippen LogP contribution is -2.48. The number of aliphatic hydroxyl groups is 1. The molecule has 1 fully saturated rings. The molecule has 0 aliphatic heterocycles. The molecular weight excluding hydrogens is 345 g/mol. The molecule has 0 bridgehead atoms. The second-order valence-electron chi connectivity index (χ2n) is 8.27. The summed E-state index contributed by atoms with van der Waals surface area (Å²) < 4.78 is 14.1. The number of H-pyrrole nitrogens is 1. The lowest BCUT2D eigenvalue weighted by molar-refractivity contribution is -0.138. The predicted molar refractivity (Wildman–Crippen MR) is 96.1 cm³/mol. The Labute approximate surface area is 150 Å². The highest BCUT2D eigenvalue weighted by atomic mass is 35.5. The van der Waals surface area contributed by atoms with Gasteiger partial charge < -0.3 is 10.4 Å².